The predicted octanol–water partition coefficient (Wildman–Crippen LogP) is 2.66. The van der Waals surface area contributed by atoms with Gasteiger partial charge in [-0.1, -0.05) is 12.1 Å². The van der Waals surface area contributed by atoms with E-state index >= 15 is 0 Å². The largest absolute Gasteiger partial charge is 0.490 e. The number of benzene rings is 2. The molecule has 0 unspecified atom stereocenters. The molecule has 0 aromatic heterocycles. The molecule has 0 aliphatic rings. The van der Waals surface area contributed by atoms with Crippen molar-refractivity contribution in [3.63, 3.8) is 0 Å². The van der Waals surface area contributed by atoms with Gasteiger partial charge in [-0.25, -0.2) is 4.39 Å². The van der Waals surface area contributed by atoms with E-state index in [4.69, 9.17) is 15.2 Å². The number of rotatable bonds is 6. The highest BCUT2D eigenvalue weighted by atomic mass is 19.1. The van der Waals surface area contributed by atoms with Gasteiger partial charge in [0.15, 0.2) is 5.78 Å². The Morgan fingerprint density at radius 3 is 2.67 bits per heavy atom. The Kier molecular flexibility index (Phi) is 4.90. The second-order valence-corrected chi connectivity index (χ2v) is 4.40. The summed E-state index contributed by atoms with van der Waals surface area (Å²) < 4.78 is 23.9. The number of ketones is 1. The van der Waals surface area contributed by atoms with E-state index in [1.165, 1.54) is 12.1 Å². The van der Waals surface area contributed by atoms with E-state index in [1.807, 2.05) is 0 Å². The van der Waals surface area contributed by atoms with Crippen LogP contribution in [0.4, 0.5) is 10.1 Å². The summed E-state index contributed by atoms with van der Waals surface area (Å²) in [4.78, 5) is 12.4. The number of hydrogen-bond acceptors (Lipinski definition) is 4. The number of para-hydroxylation sites is 1. The van der Waals surface area contributed by atoms with E-state index < -0.39 is 5.82 Å². The summed E-state index contributed by atoms with van der Waals surface area (Å²) in [6.45, 7) is 0.746. The van der Waals surface area contributed by atoms with Crippen LogP contribution in [-0.4, -0.2) is 26.1 Å². The van der Waals surface area contributed by atoms with Crippen molar-refractivity contribution in [2.75, 3.05) is 26.1 Å². The molecule has 0 radical (unpaired) electrons. The summed E-state index contributed by atoms with van der Waals surface area (Å²) in [5.41, 5.74) is 6.02. The minimum absolute atomic E-state index is 0.0104. The number of halogens is 1. The smallest absolute Gasteiger partial charge is 0.196 e. The average molecular weight is 289 g/mol. The van der Waals surface area contributed by atoms with Gasteiger partial charge in [-0.3, -0.25) is 4.79 Å². The maximum atomic E-state index is 13.5. The van der Waals surface area contributed by atoms with Crippen molar-refractivity contribution in [1.82, 2.24) is 0 Å². The van der Waals surface area contributed by atoms with Crippen LogP contribution in [0.2, 0.25) is 0 Å². The lowest BCUT2D eigenvalue weighted by molar-refractivity contribution is 0.103. The zero-order valence-corrected chi connectivity index (χ0v) is 11.6. The third-order valence-electron chi connectivity index (χ3n) is 2.94. The highest BCUT2D eigenvalue weighted by Gasteiger charge is 2.15. The number of carbonyl (C=O) groups excluding carboxylic acids is 1. The predicted molar refractivity (Wildman–Crippen MR) is 78.1 cm³/mol. The van der Waals surface area contributed by atoms with E-state index in [2.05, 4.69) is 0 Å². The fourth-order valence-electron chi connectivity index (χ4n) is 1.84. The van der Waals surface area contributed by atoms with Gasteiger partial charge in [-0.15, -0.1) is 0 Å². The Hall–Kier alpha value is -2.40. The number of hydrogen-bond donors (Lipinski definition) is 1. The van der Waals surface area contributed by atoms with Gasteiger partial charge >= 0.3 is 0 Å². The van der Waals surface area contributed by atoms with Crippen LogP contribution in [0.1, 0.15) is 15.9 Å². The van der Waals surface area contributed by atoms with Gasteiger partial charge in [0.2, 0.25) is 0 Å². The molecule has 0 heterocycles. The van der Waals surface area contributed by atoms with E-state index in [0.717, 1.165) is 6.07 Å². The Morgan fingerprint density at radius 1 is 1.19 bits per heavy atom. The molecule has 0 saturated heterocycles. The first-order chi connectivity index (χ1) is 10.1. The summed E-state index contributed by atoms with van der Waals surface area (Å²) in [6, 6.07) is 10.8. The summed E-state index contributed by atoms with van der Waals surface area (Å²) in [5.74, 6) is -0.489. The Morgan fingerprint density at radius 2 is 1.95 bits per heavy atom. The monoisotopic (exact) mass is 289 g/mol. The number of ether oxygens (including phenoxy) is 2. The minimum Gasteiger partial charge on any atom is -0.490 e. The summed E-state index contributed by atoms with van der Waals surface area (Å²) in [6.07, 6.45) is 0. The van der Waals surface area contributed by atoms with Gasteiger partial charge in [0.1, 0.15) is 18.2 Å². The molecule has 0 bridgehead atoms. The van der Waals surface area contributed by atoms with Crippen LogP contribution in [0.25, 0.3) is 0 Å². The number of nitrogens with two attached hydrogens (primary N) is 1. The molecule has 2 aromatic rings. The van der Waals surface area contributed by atoms with Gasteiger partial charge in [0.25, 0.3) is 0 Å². The van der Waals surface area contributed by atoms with Crippen LogP contribution in [0.5, 0.6) is 5.75 Å². The van der Waals surface area contributed by atoms with Crippen LogP contribution < -0.4 is 10.5 Å². The van der Waals surface area contributed by atoms with Gasteiger partial charge < -0.3 is 15.2 Å². The zero-order chi connectivity index (χ0) is 15.2. The number of methoxy groups -OCH3 is 1. The molecule has 4 nitrogen and oxygen atoms in total. The molecule has 2 aromatic carbocycles. The zero-order valence-electron chi connectivity index (χ0n) is 11.6. The van der Waals surface area contributed by atoms with Gasteiger partial charge in [0.05, 0.1) is 17.9 Å². The lowest BCUT2D eigenvalue weighted by Gasteiger charge is -2.10. The molecular formula is C16H16FNO3. The molecule has 110 valence electrons. The number of anilines is 1. The van der Waals surface area contributed by atoms with Gasteiger partial charge in [-0.05, 0) is 30.3 Å². The number of carbonyl (C=O) groups is 1. The summed E-state index contributed by atoms with van der Waals surface area (Å²) >= 11 is 0. The molecule has 0 amide bonds. The second kappa shape index (κ2) is 6.85. The van der Waals surface area contributed by atoms with Crippen LogP contribution in [-0.2, 0) is 4.74 Å². The van der Waals surface area contributed by atoms with Crippen LogP contribution >= 0.6 is 0 Å². The molecule has 0 saturated carbocycles. The third-order valence-corrected chi connectivity index (χ3v) is 2.94. The van der Waals surface area contributed by atoms with Crippen molar-refractivity contribution in [3.05, 3.63) is 59.4 Å². The van der Waals surface area contributed by atoms with Crippen molar-refractivity contribution < 1.29 is 18.7 Å². The van der Waals surface area contributed by atoms with Gasteiger partial charge in [0, 0.05) is 12.7 Å². The molecule has 0 aliphatic heterocycles. The van der Waals surface area contributed by atoms with E-state index in [9.17, 15) is 9.18 Å². The maximum absolute atomic E-state index is 13.5. The minimum atomic E-state index is -0.612. The van der Waals surface area contributed by atoms with Crippen molar-refractivity contribution in [2.45, 2.75) is 0 Å². The molecule has 5 heteroatoms. The molecule has 0 atom stereocenters. The fourth-order valence-corrected chi connectivity index (χ4v) is 1.84. The van der Waals surface area contributed by atoms with Crippen molar-refractivity contribution in [2.24, 2.45) is 0 Å². The number of nitrogen functional groups attached to an aromatic ring is 1. The topological polar surface area (TPSA) is 61.5 Å². The highest BCUT2D eigenvalue weighted by molar-refractivity contribution is 6.10. The highest BCUT2D eigenvalue weighted by Crippen LogP contribution is 2.23. The van der Waals surface area contributed by atoms with Crippen LogP contribution in [0, 0.1) is 5.82 Å². The van der Waals surface area contributed by atoms with Gasteiger partial charge in [-0.2, -0.15) is 0 Å². The third kappa shape index (κ3) is 3.58. The average Bonchev–Trinajstić information content (AvgIpc) is 2.50. The molecule has 21 heavy (non-hydrogen) atoms. The SMILES string of the molecule is COCCOc1ccccc1C(=O)c1ccc(N)c(F)c1. The lowest BCUT2D eigenvalue weighted by Crippen LogP contribution is -2.09. The summed E-state index contributed by atoms with van der Waals surface area (Å²) in [5, 5.41) is 0. The Labute approximate surface area is 122 Å². The quantitative estimate of drug-likeness (QED) is 0.504. The van der Waals surface area contributed by atoms with E-state index in [0.29, 0.717) is 24.5 Å². The Balaban J connectivity index is 2.27. The first-order valence-electron chi connectivity index (χ1n) is 6.44. The first-order valence-corrected chi connectivity index (χ1v) is 6.44. The molecule has 2 rings (SSSR count). The molecule has 2 N–H and O–H groups in total. The van der Waals surface area contributed by atoms with Crippen molar-refractivity contribution in [3.8, 4) is 5.75 Å². The van der Waals surface area contributed by atoms with E-state index in [-0.39, 0.29) is 17.0 Å². The van der Waals surface area contributed by atoms with E-state index in [1.54, 1.807) is 31.4 Å². The molecule has 0 aliphatic carbocycles. The molecule has 0 fully saturated rings. The Bertz CT molecular complexity index is 643. The first kappa shape index (κ1) is 15.0. The molecule has 0 spiro atoms. The maximum Gasteiger partial charge on any atom is 0.196 e. The summed E-state index contributed by atoms with van der Waals surface area (Å²) in [7, 11) is 1.57. The van der Waals surface area contributed by atoms with Crippen LogP contribution in [0.3, 0.4) is 0 Å². The lowest BCUT2D eigenvalue weighted by atomic mass is 10.0. The standard InChI is InChI=1S/C16H16FNO3/c1-20-8-9-21-15-5-3-2-4-12(15)16(19)11-6-7-14(18)13(17)10-11/h2-7,10H,8-9,18H2,1H3. The molecular weight excluding hydrogens is 273 g/mol. The van der Waals surface area contributed by atoms with Crippen molar-refractivity contribution >= 4 is 11.5 Å². The van der Waals surface area contributed by atoms with Crippen LogP contribution in [0.15, 0.2) is 42.5 Å². The van der Waals surface area contributed by atoms with Crippen molar-refractivity contribution in [1.29, 1.82) is 0 Å². The normalized spacial score (nSPS) is 10.4. The second-order valence-electron chi connectivity index (χ2n) is 4.40. The fraction of sp³-hybridized carbons (Fsp3) is 0.188.